The Hall–Kier alpha value is -2.49. The van der Waals surface area contributed by atoms with Crippen LogP contribution in [-0.2, 0) is 19.1 Å². The molecule has 1 aromatic carbocycles. The van der Waals surface area contributed by atoms with Gasteiger partial charge in [-0.2, -0.15) is 0 Å². The van der Waals surface area contributed by atoms with E-state index in [1.54, 1.807) is 26.9 Å². The van der Waals surface area contributed by atoms with Crippen molar-refractivity contribution in [3.63, 3.8) is 0 Å². The minimum atomic E-state index is -1.21. The Kier molecular flexibility index (Phi) is 9.51. The number of hydrogen-bond acceptors (Lipinski definition) is 5. The molecule has 224 valence electrons. The summed E-state index contributed by atoms with van der Waals surface area (Å²) in [6.45, 7) is 18.3. The molecule has 4 rings (SSSR count). The summed E-state index contributed by atoms with van der Waals surface area (Å²) in [5.41, 5.74) is 1.45. The Balaban J connectivity index is 1.88. The Labute approximate surface area is 252 Å². The SMILES string of the molecule is C=CCN(CCC)C(=O)[C@H]1[C@@H]2OC3(CC2Br)C(C(=O)N(CC=C)c2cc(C)ccc2C)N([C@@H](CO)C(C)C)C(=O)[C@H]13. The van der Waals surface area contributed by atoms with Crippen LogP contribution in [0.4, 0.5) is 5.69 Å². The molecule has 3 heterocycles. The smallest absolute Gasteiger partial charge is 0.253 e. The number of fused-ring (bicyclic) bond motifs is 1. The van der Waals surface area contributed by atoms with Crippen LogP contribution in [0, 0.1) is 31.6 Å². The van der Waals surface area contributed by atoms with Crippen LogP contribution in [0.2, 0.25) is 0 Å². The molecule has 3 amide bonds. The van der Waals surface area contributed by atoms with Gasteiger partial charge in [-0.1, -0.05) is 61.0 Å². The standard InChI is InChI=1S/C32H44BrN3O5/c1-8-13-34(14-9-2)29(38)25-26-30(39)36(24(18-37)19(4)5)28(32(26)17-22(33)27(25)41-32)31(40)35(15-10-3)23-16-20(6)11-12-21(23)7/h8,10-12,16,19,22,24-28,37H,1,3,9,13-15,17-18H2,2,4-7H3/t22?,24-,25+,26-,27+,28?,32?/m0/s1. The van der Waals surface area contributed by atoms with Crippen molar-refractivity contribution in [1.29, 1.82) is 0 Å². The maximum Gasteiger partial charge on any atom is 0.253 e. The van der Waals surface area contributed by atoms with E-state index in [-0.39, 0.29) is 41.6 Å². The lowest BCUT2D eigenvalue weighted by Crippen LogP contribution is -2.60. The molecule has 0 aliphatic carbocycles. The molecule has 0 aromatic heterocycles. The van der Waals surface area contributed by atoms with Gasteiger partial charge in [0.15, 0.2) is 0 Å². The van der Waals surface area contributed by atoms with Crippen LogP contribution in [0.3, 0.4) is 0 Å². The van der Waals surface area contributed by atoms with Gasteiger partial charge in [-0.05, 0) is 49.8 Å². The minimum Gasteiger partial charge on any atom is -0.394 e. The first kappa shape index (κ1) is 31.4. The lowest BCUT2D eigenvalue weighted by Gasteiger charge is -2.40. The Morgan fingerprint density at radius 1 is 1.22 bits per heavy atom. The van der Waals surface area contributed by atoms with E-state index < -0.39 is 35.6 Å². The van der Waals surface area contributed by atoms with Gasteiger partial charge in [-0.3, -0.25) is 14.4 Å². The first-order valence-corrected chi connectivity index (χ1v) is 15.5. The number of amides is 3. The fourth-order valence-electron chi connectivity index (χ4n) is 7.13. The van der Waals surface area contributed by atoms with Crippen molar-refractivity contribution in [3.8, 4) is 0 Å². The molecule has 3 saturated heterocycles. The zero-order chi connectivity index (χ0) is 30.2. The Bertz CT molecular complexity index is 1200. The maximum absolute atomic E-state index is 14.8. The monoisotopic (exact) mass is 629 g/mol. The Morgan fingerprint density at radius 2 is 1.90 bits per heavy atom. The molecule has 0 radical (unpaired) electrons. The highest BCUT2D eigenvalue weighted by Gasteiger charge is 2.77. The second-order valence-corrected chi connectivity index (χ2v) is 13.2. The van der Waals surface area contributed by atoms with E-state index in [1.165, 1.54) is 0 Å². The summed E-state index contributed by atoms with van der Waals surface area (Å²) in [6.07, 6.45) is 3.99. The number of carbonyl (C=O) groups excluding carboxylic acids is 3. The summed E-state index contributed by atoms with van der Waals surface area (Å²) in [6, 6.07) is 4.30. The minimum absolute atomic E-state index is 0.133. The number of benzene rings is 1. The van der Waals surface area contributed by atoms with Crippen molar-refractivity contribution in [1.82, 2.24) is 9.80 Å². The molecule has 41 heavy (non-hydrogen) atoms. The van der Waals surface area contributed by atoms with Crippen molar-refractivity contribution in [2.24, 2.45) is 17.8 Å². The number of halogens is 1. The normalized spacial score (nSPS) is 29.0. The van der Waals surface area contributed by atoms with Crippen molar-refractivity contribution in [3.05, 3.63) is 54.6 Å². The summed E-state index contributed by atoms with van der Waals surface area (Å²) in [7, 11) is 0. The summed E-state index contributed by atoms with van der Waals surface area (Å²) < 4.78 is 6.73. The third-order valence-electron chi connectivity index (χ3n) is 8.95. The molecule has 2 bridgehead atoms. The molecule has 3 aliphatic heterocycles. The largest absolute Gasteiger partial charge is 0.394 e. The van der Waals surface area contributed by atoms with Crippen LogP contribution in [0.25, 0.3) is 0 Å². The summed E-state index contributed by atoms with van der Waals surface area (Å²) in [4.78, 5) is 48.2. The van der Waals surface area contributed by atoms with E-state index >= 15 is 0 Å². The number of aliphatic hydroxyl groups excluding tert-OH is 1. The highest BCUT2D eigenvalue weighted by atomic mass is 79.9. The summed E-state index contributed by atoms with van der Waals surface area (Å²) in [5.74, 6) is -2.45. The van der Waals surface area contributed by atoms with Gasteiger partial charge < -0.3 is 24.5 Å². The average molecular weight is 631 g/mol. The zero-order valence-corrected chi connectivity index (χ0v) is 26.5. The zero-order valence-electron chi connectivity index (χ0n) is 24.9. The number of aliphatic hydroxyl groups is 1. The first-order chi connectivity index (χ1) is 19.5. The predicted molar refractivity (Wildman–Crippen MR) is 164 cm³/mol. The van der Waals surface area contributed by atoms with Gasteiger partial charge in [0.2, 0.25) is 11.8 Å². The molecule has 7 atom stereocenters. The number of anilines is 1. The summed E-state index contributed by atoms with van der Waals surface area (Å²) >= 11 is 3.76. The van der Waals surface area contributed by atoms with Gasteiger partial charge >= 0.3 is 0 Å². The van der Waals surface area contributed by atoms with Gasteiger partial charge in [0.25, 0.3) is 5.91 Å². The highest BCUT2D eigenvalue weighted by molar-refractivity contribution is 9.09. The second-order valence-electron chi connectivity index (χ2n) is 12.0. The van der Waals surface area contributed by atoms with E-state index in [9.17, 15) is 19.5 Å². The lowest BCUT2D eigenvalue weighted by molar-refractivity contribution is -0.148. The van der Waals surface area contributed by atoms with Gasteiger partial charge in [-0.15, -0.1) is 13.2 Å². The molecular weight excluding hydrogens is 586 g/mol. The molecular formula is C32H44BrN3O5. The van der Waals surface area contributed by atoms with E-state index in [4.69, 9.17) is 4.74 Å². The van der Waals surface area contributed by atoms with E-state index in [2.05, 4.69) is 29.1 Å². The number of rotatable bonds is 12. The molecule has 3 aliphatic rings. The lowest BCUT2D eigenvalue weighted by atomic mass is 9.70. The quantitative estimate of drug-likeness (QED) is 0.279. The second kappa shape index (κ2) is 12.4. The van der Waals surface area contributed by atoms with Crippen LogP contribution in [0.5, 0.6) is 0 Å². The third kappa shape index (κ3) is 5.19. The van der Waals surface area contributed by atoms with Crippen LogP contribution >= 0.6 is 15.9 Å². The van der Waals surface area contributed by atoms with Gasteiger partial charge in [-0.25, -0.2) is 0 Å². The molecule has 0 saturated carbocycles. The number of carbonyl (C=O) groups is 3. The van der Waals surface area contributed by atoms with Crippen LogP contribution in [0.1, 0.15) is 44.7 Å². The van der Waals surface area contributed by atoms with Crippen molar-refractivity contribution >= 4 is 39.3 Å². The molecule has 1 aromatic rings. The number of nitrogens with zero attached hydrogens (tertiary/aromatic N) is 3. The van der Waals surface area contributed by atoms with Crippen LogP contribution in [-0.4, -0.2) is 87.5 Å². The maximum atomic E-state index is 14.8. The first-order valence-electron chi connectivity index (χ1n) is 14.6. The number of hydrogen-bond donors (Lipinski definition) is 1. The molecule has 1 spiro atoms. The molecule has 8 nitrogen and oxygen atoms in total. The van der Waals surface area contributed by atoms with Crippen molar-refractivity contribution < 1.29 is 24.2 Å². The topological polar surface area (TPSA) is 90.4 Å². The predicted octanol–water partition coefficient (Wildman–Crippen LogP) is 4.01. The number of alkyl halides is 1. The van der Waals surface area contributed by atoms with E-state index in [0.29, 0.717) is 19.5 Å². The number of aryl methyl sites for hydroxylation is 2. The van der Waals surface area contributed by atoms with Crippen LogP contribution < -0.4 is 4.90 Å². The average Bonchev–Trinajstić information content (AvgIpc) is 3.52. The van der Waals surface area contributed by atoms with E-state index in [1.807, 2.05) is 52.8 Å². The van der Waals surface area contributed by atoms with Crippen molar-refractivity contribution in [2.45, 2.75) is 76.1 Å². The molecule has 9 heteroatoms. The fraction of sp³-hybridized carbons (Fsp3) is 0.594. The molecule has 3 fully saturated rings. The summed E-state index contributed by atoms with van der Waals surface area (Å²) in [5, 5.41) is 10.5. The molecule has 3 unspecified atom stereocenters. The van der Waals surface area contributed by atoms with Gasteiger partial charge in [0.1, 0.15) is 11.6 Å². The highest BCUT2D eigenvalue weighted by Crippen LogP contribution is 2.61. The number of likely N-dealkylation sites (tertiary alicyclic amines) is 1. The Morgan fingerprint density at radius 3 is 2.49 bits per heavy atom. The van der Waals surface area contributed by atoms with E-state index in [0.717, 1.165) is 23.2 Å². The fourth-order valence-corrected chi connectivity index (χ4v) is 8.07. The van der Waals surface area contributed by atoms with Gasteiger partial charge in [0, 0.05) is 30.1 Å². The number of ether oxygens (including phenoxy) is 1. The molecule has 1 N–H and O–H groups in total. The van der Waals surface area contributed by atoms with Crippen LogP contribution in [0.15, 0.2) is 43.5 Å². The van der Waals surface area contributed by atoms with Gasteiger partial charge in [0.05, 0.1) is 30.6 Å². The third-order valence-corrected chi connectivity index (χ3v) is 9.79. The van der Waals surface area contributed by atoms with Crippen molar-refractivity contribution in [2.75, 3.05) is 31.1 Å².